The summed E-state index contributed by atoms with van der Waals surface area (Å²) in [6.45, 7) is 1.79. The molecule has 6 heteroatoms. The summed E-state index contributed by atoms with van der Waals surface area (Å²) in [5.41, 5.74) is 0.582. The summed E-state index contributed by atoms with van der Waals surface area (Å²) < 4.78 is 38.4. The fraction of sp³-hybridized carbons (Fsp3) is 0.214. The molecule has 2 aromatic rings. The Hall–Kier alpha value is -1.40. The van der Waals surface area contributed by atoms with Gasteiger partial charge >= 0.3 is 6.18 Å². The Morgan fingerprint density at radius 3 is 2.35 bits per heavy atom. The molecule has 1 atom stereocenters. The van der Waals surface area contributed by atoms with Crippen LogP contribution in [0.1, 0.15) is 28.5 Å². The fourth-order valence-corrected chi connectivity index (χ4v) is 2.24. The molecular formula is C14H11BrF3NO. The highest BCUT2D eigenvalue weighted by Gasteiger charge is 2.33. The number of pyridine rings is 1. The van der Waals surface area contributed by atoms with E-state index in [-0.39, 0.29) is 10.0 Å². The topological polar surface area (TPSA) is 33.1 Å². The van der Waals surface area contributed by atoms with Crippen molar-refractivity contribution in [1.29, 1.82) is 0 Å². The van der Waals surface area contributed by atoms with Gasteiger partial charge in [-0.1, -0.05) is 28.1 Å². The lowest BCUT2D eigenvalue weighted by atomic mass is 10.0. The summed E-state index contributed by atoms with van der Waals surface area (Å²) in [6.07, 6.45) is -4.16. The maximum Gasteiger partial charge on any atom is 0.417 e. The molecule has 20 heavy (non-hydrogen) atoms. The van der Waals surface area contributed by atoms with Gasteiger partial charge in [-0.25, -0.2) is 0 Å². The molecule has 1 unspecified atom stereocenters. The monoisotopic (exact) mass is 345 g/mol. The number of aliphatic hydroxyl groups excluding tert-OH is 1. The van der Waals surface area contributed by atoms with E-state index < -0.39 is 17.8 Å². The molecule has 2 rings (SSSR count). The van der Waals surface area contributed by atoms with Crippen LogP contribution in [0.15, 0.2) is 41.0 Å². The third-order valence-electron chi connectivity index (χ3n) is 2.86. The maximum atomic E-state index is 12.8. The molecule has 0 saturated heterocycles. The second-order valence-corrected chi connectivity index (χ2v) is 5.23. The molecule has 0 bridgehead atoms. The van der Waals surface area contributed by atoms with Crippen LogP contribution in [0.5, 0.6) is 0 Å². The van der Waals surface area contributed by atoms with Gasteiger partial charge < -0.3 is 5.11 Å². The number of aliphatic hydroxyl groups is 1. The van der Waals surface area contributed by atoms with Gasteiger partial charge in [-0.15, -0.1) is 0 Å². The van der Waals surface area contributed by atoms with E-state index in [1.165, 1.54) is 18.3 Å². The van der Waals surface area contributed by atoms with Crippen LogP contribution in [0.2, 0.25) is 0 Å². The van der Waals surface area contributed by atoms with Crippen molar-refractivity contribution < 1.29 is 18.3 Å². The van der Waals surface area contributed by atoms with Crippen molar-refractivity contribution in [3.05, 3.63) is 63.4 Å². The summed E-state index contributed by atoms with van der Waals surface area (Å²) in [4.78, 5) is 4.02. The highest BCUT2D eigenvalue weighted by atomic mass is 79.9. The van der Waals surface area contributed by atoms with Gasteiger partial charge in [0.1, 0.15) is 6.10 Å². The molecule has 1 aromatic carbocycles. The quantitative estimate of drug-likeness (QED) is 0.882. The molecule has 0 amide bonds. The van der Waals surface area contributed by atoms with Crippen molar-refractivity contribution in [2.75, 3.05) is 0 Å². The Kier molecular flexibility index (Phi) is 4.15. The van der Waals surface area contributed by atoms with E-state index in [9.17, 15) is 18.3 Å². The average molecular weight is 346 g/mol. The summed E-state index contributed by atoms with van der Waals surface area (Å²) in [5.74, 6) is 0. The highest BCUT2D eigenvalue weighted by Crippen LogP contribution is 2.37. The first-order chi connectivity index (χ1) is 9.29. The normalized spacial score (nSPS) is 13.3. The summed E-state index contributed by atoms with van der Waals surface area (Å²) in [7, 11) is 0. The first-order valence-corrected chi connectivity index (χ1v) is 6.55. The van der Waals surface area contributed by atoms with Crippen LogP contribution in [0, 0.1) is 6.92 Å². The number of benzene rings is 1. The molecule has 1 heterocycles. The van der Waals surface area contributed by atoms with E-state index in [4.69, 9.17) is 0 Å². The largest absolute Gasteiger partial charge is 0.417 e. The molecule has 0 spiro atoms. The molecule has 106 valence electrons. The molecule has 0 fully saturated rings. The average Bonchev–Trinajstić information content (AvgIpc) is 2.38. The summed E-state index contributed by atoms with van der Waals surface area (Å²) in [6, 6.07) is 7.01. The van der Waals surface area contributed by atoms with Gasteiger partial charge in [0, 0.05) is 21.9 Å². The number of hydrogen-bond donors (Lipinski definition) is 1. The molecule has 1 aromatic heterocycles. The minimum absolute atomic E-state index is 0.0528. The molecule has 0 radical (unpaired) electrons. The van der Waals surface area contributed by atoms with Gasteiger partial charge in [0.25, 0.3) is 0 Å². The van der Waals surface area contributed by atoms with Crippen molar-refractivity contribution in [3.8, 4) is 0 Å². The molecule has 0 saturated carbocycles. The fourth-order valence-electron chi connectivity index (χ4n) is 1.76. The van der Waals surface area contributed by atoms with E-state index in [0.717, 1.165) is 11.8 Å². The molecule has 0 aliphatic rings. The van der Waals surface area contributed by atoms with Gasteiger partial charge in [-0.2, -0.15) is 13.2 Å². The Morgan fingerprint density at radius 1 is 1.15 bits per heavy atom. The van der Waals surface area contributed by atoms with Crippen LogP contribution < -0.4 is 0 Å². The Balaban J connectivity index is 2.40. The van der Waals surface area contributed by atoms with Crippen molar-refractivity contribution in [2.24, 2.45) is 0 Å². The Morgan fingerprint density at radius 2 is 1.80 bits per heavy atom. The number of rotatable bonds is 2. The van der Waals surface area contributed by atoms with E-state index in [2.05, 4.69) is 20.9 Å². The standard InChI is InChI=1S/C14H11BrF3NO/c1-8-2-3-10(7-19-8)13(20)9-4-5-12(15)11(6-9)14(16,17)18/h2-7,13,20H,1H3. The zero-order valence-corrected chi connectivity index (χ0v) is 12.0. The molecule has 0 aliphatic heterocycles. The van der Waals surface area contributed by atoms with Crippen molar-refractivity contribution in [2.45, 2.75) is 19.2 Å². The van der Waals surface area contributed by atoms with Crippen LogP contribution in [0.4, 0.5) is 13.2 Å². The first kappa shape index (κ1) is 15.0. The number of aromatic nitrogens is 1. The Labute approximate surface area is 122 Å². The van der Waals surface area contributed by atoms with E-state index >= 15 is 0 Å². The number of hydrogen-bond acceptors (Lipinski definition) is 2. The number of nitrogens with zero attached hydrogens (tertiary/aromatic N) is 1. The number of aryl methyl sites for hydroxylation is 1. The van der Waals surface area contributed by atoms with Crippen molar-refractivity contribution in [1.82, 2.24) is 4.98 Å². The van der Waals surface area contributed by atoms with Gasteiger partial charge in [-0.3, -0.25) is 4.98 Å². The third kappa shape index (κ3) is 3.19. The first-order valence-electron chi connectivity index (χ1n) is 5.76. The lowest BCUT2D eigenvalue weighted by molar-refractivity contribution is -0.138. The SMILES string of the molecule is Cc1ccc(C(O)c2ccc(Br)c(C(F)(F)F)c2)cn1. The van der Waals surface area contributed by atoms with Crippen LogP contribution in [-0.2, 0) is 6.18 Å². The van der Waals surface area contributed by atoms with Gasteiger partial charge in [0.05, 0.1) is 5.56 Å². The van der Waals surface area contributed by atoms with Crippen molar-refractivity contribution in [3.63, 3.8) is 0 Å². The van der Waals surface area contributed by atoms with Gasteiger partial charge in [0.2, 0.25) is 0 Å². The lowest BCUT2D eigenvalue weighted by Crippen LogP contribution is -2.09. The maximum absolute atomic E-state index is 12.8. The van der Waals surface area contributed by atoms with Gasteiger partial charge in [0.15, 0.2) is 0 Å². The minimum atomic E-state index is -4.47. The van der Waals surface area contributed by atoms with Crippen molar-refractivity contribution >= 4 is 15.9 Å². The second-order valence-electron chi connectivity index (χ2n) is 4.37. The smallest absolute Gasteiger partial charge is 0.384 e. The van der Waals surface area contributed by atoms with Crippen LogP contribution in [-0.4, -0.2) is 10.1 Å². The predicted molar refractivity (Wildman–Crippen MR) is 72.2 cm³/mol. The second kappa shape index (κ2) is 5.54. The number of halogens is 4. The third-order valence-corrected chi connectivity index (χ3v) is 3.55. The zero-order valence-electron chi connectivity index (χ0n) is 10.4. The predicted octanol–water partition coefficient (Wildman–Crippen LogP) is 4.25. The zero-order chi connectivity index (χ0) is 14.9. The molecule has 1 N–H and O–H groups in total. The summed E-state index contributed by atoms with van der Waals surface area (Å²) >= 11 is 2.87. The molecule has 2 nitrogen and oxygen atoms in total. The van der Waals surface area contributed by atoms with E-state index in [1.54, 1.807) is 19.1 Å². The highest BCUT2D eigenvalue weighted by molar-refractivity contribution is 9.10. The van der Waals surface area contributed by atoms with E-state index in [0.29, 0.717) is 5.56 Å². The Bertz CT molecular complexity index is 611. The van der Waals surface area contributed by atoms with Gasteiger partial charge in [-0.05, 0) is 30.7 Å². The minimum Gasteiger partial charge on any atom is -0.384 e. The molecular weight excluding hydrogens is 335 g/mol. The van der Waals surface area contributed by atoms with E-state index in [1.807, 2.05) is 0 Å². The molecule has 0 aliphatic carbocycles. The lowest BCUT2D eigenvalue weighted by Gasteiger charge is -2.15. The van der Waals surface area contributed by atoms with Crippen LogP contribution in [0.25, 0.3) is 0 Å². The number of alkyl halides is 3. The van der Waals surface area contributed by atoms with Crippen LogP contribution in [0.3, 0.4) is 0 Å². The van der Waals surface area contributed by atoms with Crippen LogP contribution >= 0.6 is 15.9 Å². The summed E-state index contributed by atoms with van der Waals surface area (Å²) in [5, 5.41) is 10.1.